The third-order valence-electron chi connectivity index (χ3n) is 2.77. The summed E-state index contributed by atoms with van der Waals surface area (Å²) in [4.78, 5) is 13.2. The van der Waals surface area contributed by atoms with Crippen molar-refractivity contribution in [2.75, 3.05) is 32.2 Å². The first-order chi connectivity index (χ1) is 6.69. The molecule has 0 saturated carbocycles. The summed E-state index contributed by atoms with van der Waals surface area (Å²) in [7, 11) is 0. The Hall–Kier alpha value is -0.280. The number of hydrogen-bond acceptors (Lipinski definition) is 2. The van der Waals surface area contributed by atoms with Crippen LogP contribution in [-0.2, 0) is 9.53 Å². The summed E-state index contributed by atoms with van der Waals surface area (Å²) in [5.74, 6) is 1.13. The van der Waals surface area contributed by atoms with Crippen molar-refractivity contribution >= 4 is 17.5 Å². The minimum Gasteiger partial charge on any atom is -0.381 e. The molecule has 0 aromatic heterocycles. The predicted octanol–water partition coefficient (Wildman–Crippen LogP) is 1.36. The van der Waals surface area contributed by atoms with Gasteiger partial charge in [-0.15, -0.1) is 11.6 Å². The molecule has 14 heavy (non-hydrogen) atoms. The van der Waals surface area contributed by atoms with Gasteiger partial charge in [-0.25, -0.2) is 0 Å². The number of ether oxygens (including phenoxy) is 1. The average molecular weight is 220 g/mol. The van der Waals surface area contributed by atoms with Gasteiger partial charge >= 0.3 is 0 Å². The Labute approximate surface area is 90.4 Å². The standard InChI is InChI=1S/C10H18ClNO2/c1-3-14-7-9-6-12(5-8(9)2)10(13)4-11/h8-9H,3-7H2,1-2H3/t8-,9-/m1/s1. The predicted molar refractivity (Wildman–Crippen MR) is 56.4 cm³/mol. The number of nitrogens with zero attached hydrogens (tertiary/aromatic N) is 1. The lowest BCUT2D eigenvalue weighted by atomic mass is 9.99. The minimum absolute atomic E-state index is 0.0394. The summed E-state index contributed by atoms with van der Waals surface area (Å²) in [5.41, 5.74) is 0. The first kappa shape index (κ1) is 11.8. The van der Waals surface area contributed by atoms with E-state index in [1.54, 1.807) is 0 Å². The van der Waals surface area contributed by atoms with Gasteiger partial charge in [-0.05, 0) is 12.8 Å². The Morgan fingerprint density at radius 2 is 2.29 bits per heavy atom. The molecule has 0 bridgehead atoms. The zero-order chi connectivity index (χ0) is 10.6. The zero-order valence-electron chi connectivity index (χ0n) is 8.83. The molecule has 0 N–H and O–H groups in total. The van der Waals surface area contributed by atoms with E-state index in [1.165, 1.54) is 0 Å². The Morgan fingerprint density at radius 3 is 2.86 bits per heavy atom. The first-order valence-electron chi connectivity index (χ1n) is 5.10. The molecule has 0 radical (unpaired) electrons. The number of hydrogen-bond donors (Lipinski definition) is 0. The van der Waals surface area contributed by atoms with Crippen LogP contribution in [0.2, 0.25) is 0 Å². The highest BCUT2D eigenvalue weighted by Gasteiger charge is 2.31. The van der Waals surface area contributed by atoms with Crippen molar-refractivity contribution in [2.45, 2.75) is 13.8 Å². The van der Waals surface area contributed by atoms with E-state index >= 15 is 0 Å². The van der Waals surface area contributed by atoms with Crippen LogP contribution in [0.1, 0.15) is 13.8 Å². The van der Waals surface area contributed by atoms with Crippen LogP contribution in [0, 0.1) is 11.8 Å². The molecule has 0 unspecified atom stereocenters. The molecule has 82 valence electrons. The summed E-state index contributed by atoms with van der Waals surface area (Å²) in [6.07, 6.45) is 0. The summed E-state index contributed by atoms with van der Waals surface area (Å²) in [6, 6.07) is 0. The lowest BCUT2D eigenvalue weighted by molar-refractivity contribution is -0.127. The van der Waals surface area contributed by atoms with Crippen LogP contribution in [0.4, 0.5) is 0 Å². The Kier molecular flexibility index (Phi) is 4.69. The normalized spacial score (nSPS) is 26.9. The van der Waals surface area contributed by atoms with Crippen LogP contribution in [-0.4, -0.2) is 43.0 Å². The highest BCUT2D eigenvalue weighted by Crippen LogP contribution is 2.23. The molecule has 0 spiro atoms. The maximum absolute atomic E-state index is 11.3. The Balaban J connectivity index is 2.39. The van der Waals surface area contributed by atoms with E-state index in [0.717, 1.165) is 26.3 Å². The van der Waals surface area contributed by atoms with Crippen molar-refractivity contribution in [3.63, 3.8) is 0 Å². The molecule has 1 heterocycles. The van der Waals surface area contributed by atoms with Crippen molar-refractivity contribution in [1.82, 2.24) is 4.90 Å². The fourth-order valence-corrected chi connectivity index (χ4v) is 1.98. The number of alkyl halides is 1. The monoisotopic (exact) mass is 219 g/mol. The number of amides is 1. The second kappa shape index (κ2) is 5.56. The van der Waals surface area contributed by atoms with Crippen LogP contribution in [0.3, 0.4) is 0 Å². The summed E-state index contributed by atoms with van der Waals surface area (Å²) < 4.78 is 5.38. The lowest BCUT2D eigenvalue weighted by Crippen LogP contribution is -2.30. The zero-order valence-corrected chi connectivity index (χ0v) is 9.59. The van der Waals surface area contributed by atoms with E-state index in [0.29, 0.717) is 11.8 Å². The molecular formula is C10H18ClNO2. The number of rotatable bonds is 4. The van der Waals surface area contributed by atoms with Gasteiger partial charge in [-0.2, -0.15) is 0 Å². The summed E-state index contributed by atoms with van der Waals surface area (Å²) >= 11 is 5.51. The molecule has 0 aliphatic carbocycles. The van der Waals surface area contributed by atoms with E-state index in [2.05, 4.69) is 6.92 Å². The van der Waals surface area contributed by atoms with E-state index in [-0.39, 0.29) is 11.8 Å². The van der Waals surface area contributed by atoms with Crippen LogP contribution in [0.25, 0.3) is 0 Å². The third kappa shape index (κ3) is 2.85. The molecule has 0 aromatic carbocycles. The van der Waals surface area contributed by atoms with Crippen molar-refractivity contribution in [3.05, 3.63) is 0 Å². The van der Waals surface area contributed by atoms with E-state index in [4.69, 9.17) is 16.3 Å². The highest BCUT2D eigenvalue weighted by atomic mass is 35.5. The van der Waals surface area contributed by atoms with Gasteiger partial charge in [0.1, 0.15) is 5.88 Å². The second-order valence-electron chi connectivity index (χ2n) is 3.83. The van der Waals surface area contributed by atoms with Crippen molar-refractivity contribution in [1.29, 1.82) is 0 Å². The Morgan fingerprint density at radius 1 is 1.57 bits per heavy atom. The molecular weight excluding hydrogens is 202 g/mol. The molecule has 4 heteroatoms. The van der Waals surface area contributed by atoms with Gasteiger partial charge in [0.05, 0.1) is 6.61 Å². The molecule has 1 aliphatic heterocycles. The second-order valence-corrected chi connectivity index (χ2v) is 4.10. The van der Waals surface area contributed by atoms with Crippen molar-refractivity contribution < 1.29 is 9.53 Å². The number of carbonyl (C=O) groups is 1. The fourth-order valence-electron chi connectivity index (χ4n) is 1.81. The quantitative estimate of drug-likeness (QED) is 0.669. The van der Waals surface area contributed by atoms with Gasteiger partial charge in [0.25, 0.3) is 0 Å². The van der Waals surface area contributed by atoms with E-state index in [1.807, 2.05) is 11.8 Å². The molecule has 1 fully saturated rings. The first-order valence-corrected chi connectivity index (χ1v) is 5.64. The van der Waals surface area contributed by atoms with Gasteiger partial charge < -0.3 is 9.64 Å². The van der Waals surface area contributed by atoms with E-state index in [9.17, 15) is 4.79 Å². The molecule has 3 nitrogen and oxygen atoms in total. The van der Waals surface area contributed by atoms with Crippen LogP contribution < -0.4 is 0 Å². The van der Waals surface area contributed by atoms with Crippen LogP contribution >= 0.6 is 11.6 Å². The SMILES string of the molecule is CCOC[C@H]1CN(C(=O)CCl)C[C@H]1C. The van der Waals surface area contributed by atoms with Crippen LogP contribution in [0.5, 0.6) is 0 Å². The topological polar surface area (TPSA) is 29.5 Å². The highest BCUT2D eigenvalue weighted by molar-refractivity contribution is 6.27. The molecule has 2 atom stereocenters. The molecule has 0 aromatic rings. The van der Waals surface area contributed by atoms with Gasteiger partial charge in [-0.3, -0.25) is 4.79 Å². The number of carbonyl (C=O) groups excluding carboxylic acids is 1. The maximum Gasteiger partial charge on any atom is 0.237 e. The minimum atomic E-state index is 0.0394. The number of likely N-dealkylation sites (tertiary alicyclic amines) is 1. The van der Waals surface area contributed by atoms with Crippen LogP contribution in [0.15, 0.2) is 0 Å². The molecule has 1 rings (SSSR count). The van der Waals surface area contributed by atoms with Gasteiger partial charge in [0.2, 0.25) is 5.91 Å². The average Bonchev–Trinajstić information content (AvgIpc) is 2.56. The number of halogens is 1. The molecule has 1 saturated heterocycles. The van der Waals surface area contributed by atoms with Gasteiger partial charge in [-0.1, -0.05) is 6.92 Å². The molecule has 1 amide bonds. The Bertz CT molecular complexity index is 199. The van der Waals surface area contributed by atoms with Crippen molar-refractivity contribution in [2.24, 2.45) is 11.8 Å². The molecule has 1 aliphatic rings. The smallest absolute Gasteiger partial charge is 0.237 e. The third-order valence-corrected chi connectivity index (χ3v) is 3.00. The summed E-state index contributed by atoms with van der Waals surface area (Å²) in [6.45, 7) is 7.26. The van der Waals surface area contributed by atoms with Gasteiger partial charge in [0.15, 0.2) is 0 Å². The lowest BCUT2D eigenvalue weighted by Gasteiger charge is -2.14. The van der Waals surface area contributed by atoms with Crippen molar-refractivity contribution in [3.8, 4) is 0 Å². The van der Waals surface area contributed by atoms with E-state index < -0.39 is 0 Å². The largest absolute Gasteiger partial charge is 0.381 e. The van der Waals surface area contributed by atoms with Gasteiger partial charge in [0, 0.05) is 25.6 Å². The maximum atomic E-state index is 11.3. The fraction of sp³-hybridized carbons (Fsp3) is 0.900. The summed E-state index contributed by atoms with van der Waals surface area (Å²) in [5, 5.41) is 0.